The second-order valence-corrected chi connectivity index (χ2v) is 5.37. The summed E-state index contributed by atoms with van der Waals surface area (Å²) in [7, 11) is 0. The Morgan fingerprint density at radius 2 is 1.96 bits per heavy atom. The third-order valence-corrected chi connectivity index (χ3v) is 3.61. The summed E-state index contributed by atoms with van der Waals surface area (Å²) in [5.41, 5.74) is 2.51. The Morgan fingerprint density at radius 3 is 2.72 bits per heavy atom. The van der Waals surface area contributed by atoms with Gasteiger partial charge in [-0.15, -0.1) is 0 Å². The molecule has 3 aromatic rings. The molecule has 0 spiro atoms. The van der Waals surface area contributed by atoms with Gasteiger partial charge in [-0.25, -0.2) is 0 Å². The van der Waals surface area contributed by atoms with Gasteiger partial charge in [0.2, 0.25) is 5.82 Å². The largest absolute Gasteiger partial charge is 0.490 e. The van der Waals surface area contributed by atoms with Crippen molar-refractivity contribution in [2.24, 2.45) is 0 Å². The van der Waals surface area contributed by atoms with E-state index in [1.807, 2.05) is 38.1 Å². The predicted molar refractivity (Wildman–Crippen MR) is 91.8 cm³/mol. The lowest BCUT2D eigenvalue weighted by Crippen LogP contribution is -2.00. The van der Waals surface area contributed by atoms with E-state index in [2.05, 4.69) is 10.1 Å². The van der Waals surface area contributed by atoms with Crippen LogP contribution in [-0.4, -0.2) is 23.0 Å². The molecule has 0 aliphatic carbocycles. The standard InChI is InChI=1S/C19H18N2O4/c1-3-23-17-10-14(11-22)8-9-16(17)24-12-18-20-19(21-25-18)15-7-5-4-6-13(15)2/h4-11H,3,12H2,1-2H3. The third-order valence-electron chi connectivity index (χ3n) is 3.61. The number of nitrogens with zero attached hydrogens (tertiary/aromatic N) is 2. The van der Waals surface area contributed by atoms with E-state index in [-0.39, 0.29) is 6.61 Å². The summed E-state index contributed by atoms with van der Waals surface area (Å²) in [6.07, 6.45) is 0.763. The first-order valence-electron chi connectivity index (χ1n) is 7.94. The summed E-state index contributed by atoms with van der Waals surface area (Å²) in [6.45, 7) is 4.44. The maximum atomic E-state index is 10.9. The van der Waals surface area contributed by atoms with Gasteiger partial charge in [-0.05, 0) is 37.6 Å². The number of aldehydes is 1. The van der Waals surface area contributed by atoms with Gasteiger partial charge in [-0.3, -0.25) is 4.79 Å². The van der Waals surface area contributed by atoms with Crippen molar-refractivity contribution >= 4 is 6.29 Å². The molecule has 0 N–H and O–H groups in total. The second kappa shape index (κ2) is 7.61. The normalized spacial score (nSPS) is 10.5. The average Bonchev–Trinajstić information content (AvgIpc) is 3.10. The van der Waals surface area contributed by atoms with Crippen molar-refractivity contribution < 1.29 is 18.8 Å². The molecule has 0 saturated carbocycles. The fourth-order valence-electron chi connectivity index (χ4n) is 2.37. The highest BCUT2D eigenvalue weighted by Gasteiger charge is 2.12. The van der Waals surface area contributed by atoms with Crippen molar-refractivity contribution in [1.82, 2.24) is 10.1 Å². The number of ether oxygens (including phenoxy) is 2. The first-order chi connectivity index (χ1) is 12.2. The number of carbonyl (C=O) groups excluding carboxylic acids is 1. The van der Waals surface area contributed by atoms with Crippen molar-refractivity contribution in [2.75, 3.05) is 6.61 Å². The molecule has 128 valence electrons. The van der Waals surface area contributed by atoms with Crippen LogP contribution in [0.15, 0.2) is 47.0 Å². The zero-order valence-electron chi connectivity index (χ0n) is 14.1. The van der Waals surface area contributed by atoms with Gasteiger partial charge < -0.3 is 14.0 Å². The molecule has 6 heteroatoms. The van der Waals surface area contributed by atoms with Gasteiger partial charge in [0.1, 0.15) is 6.29 Å². The number of aromatic nitrogens is 2. The molecule has 0 aliphatic rings. The van der Waals surface area contributed by atoms with E-state index in [0.29, 0.717) is 35.4 Å². The smallest absolute Gasteiger partial charge is 0.264 e. The molecule has 0 aliphatic heterocycles. The minimum atomic E-state index is 0.111. The number of hydrogen-bond acceptors (Lipinski definition) is 6. The van der Waals surface area contributed by atoms with Crippen LogP contribution in [0.1, 0.15) is 28.7 Å². The zero-order valence-corrected chi connectivity index (χ0v) is 14.1. The van der Waals surface area contributed by atoms with E-state index in [0.717, 1.165) is 17.4 Å². The fourth-order valence-corrected chi connectivity index (χ4v) is 2.37. The van der Waals surface area contributed by atoms with E-state index in [4.69, 9.17) is 14.0 Å². The third kappa shape index (κ3) is 3.85. The number of hydrogen-bond donors (Lipinski definition) is 0. The molecule has 0 radical (unpaired) electrons. The lowest BCUT2D eigenvalue weighted by atomic mass is 10.1. The minimum Gasteiger partial charge on any atom is -0.490 e. The molecule has 0 bridgehead atoms. The maximum absolute atomic E-state index is 10.9. The number of carbonyl (C=O) groups is 1. The monoisotopic (exact) mass is 338 g/mol. The average molecular weight is 338 g/mol. The molecule has 0 unspecified atom stereocenters. The van der Waals surface area contributed by atoms with Crippen LogP contribution in [0.2, 0.25) is 0 Å². The van der Waals surface area contributed by atoms with E-state index in [1.54, 1.807) is 18.2 Å². The molecular formula is C19H18N2O4. The van der Waals surface area contributed by atoms with E-state index in [1.165, 1.54) is 0 Å². The minimum absolute atomic E-state index is 0.111. The molecule has 1 aromatic heterocycles. The molecule has 0 amide bonds. The molecular weight excluding hydrogens is 320 g/mol. The predicted octanol–water partition coefficient (Wildman–Crippen LogP) is 3.84. The topological polar surface area (TPSA) is 74.5 Å². The first kappa shape index (κ1) is 16.7. The Hall–Kier alpha value is -3.15. The number of benzene rings is 2. The first-order valence-corrected chi connectivity index (χ1v) is 7.94. The van der Waals surface area contributed by atoms with Crippen molar-refractivity contribution in [3.8, 4) is 22.9 Å². The molecule has 6 nitrogen and oxygen atoms in total. The highest BCUT2D eigenvalue weighted by molar-refractivity contribution is 5.76. The summed E-state index contributed by atoms with van der Waals surface area (Å²) in [6, 6.07) is 12.8. The Balaban J connectivity index is 1.74. The number of rotatable bonds is 7. The van der Waals surface area contributed by atoms with Crippen LogP contribution in [-0.2, 0) is 6.61 Å². The summed E-state index contributed by atoms with van der Waals surface area (Å²) in [5, 5.41) is 4.00. The Labute approximate surface area is 145 Å². The highest BCUT2D eigenvalue weighted by atomic mass is 16.5. The quantitative estimate of drug-likeness (QED) is 0.609. The van der Waals surface area contributed by atoms with Crippen molar-refractivity contribution in [2.45, 2.75) is 20.5 Å². The summed E-state index contributed by atoms with van der Waals surface area (Å²) in [4.78, 5) is 15.3. The van der Waals surface area contributed by atoms with Gasteiger partial charge in [-0.2, -0.15) is 4.98 Å². The van der Waals surface area contributed by atoms with Gasteiger partial charge in [-0.1, -0.05) is 29.4 Å². The van der Waals surface area contributed by atoms with Crippen LogP contribution >= 0.6 is 0 Å². The Bertz CT molecular complexity index is 873. The SMILES string of the molecule is CCOc1cc(C=O)ccc1OCc1nc(-c2ccccc2C)no1. The van der Waals surface area contributed by atoms with Gasteiger partial charge >= 0.3 is 0 Å². The molecule has 3 rings (SSSR count). The van der Waals surface area contributed by atoms with E-state index in [9.17, 15) is 4.79 Å². The maximum Gasteiger partial charge on any atom is 0.264 e. The number of aryl methyl sites for hydroxylation is 1. The molecule has 0 saturated heterocycles. The van der Waals surface area contributed by atoms with Crippen LogP contribution in [0, 0.1) is 6.92 Å². The van der Waals surface area contributed by atoms with E-state index >= 15 is 0 Å². The Morgan fingerprint density at radius 1 is 1.12 bits per heavy atom. The summed E-state index contributed by atoms with van der Waals surface area (Å²) < 4.78 is 16.5. The lowest BCUT2D eigenvalue weighted by molar-refractivity contribution is 0.112. The van der Waals surface area contributed by atoms with Gasteiger partial charge in [0.15, 0.2) is 18.1 Å². The molecule has 0 atom stereocenters. The Kier molecular flexibility index (Phi) is 5.09. The van der Waals surface area contributed by atoms with Crippen LogP contribution in [0.4, 0.5) is 0 Å². The molecule has 0 fully saturated rings. The molecule has 1 heterocycles. The molecule has 25 heavy (non-hydrogen) atoms. The van der Waals surface area contributed by atoms with Crippen LogP contribution in [0.3, 0.4) is 0 Å². The second-order valence-electron chi connectivity index (χ2n) is 5.37. The van der Waals surface area contributed by atoms with Crippen molar-refractivity contribution in [1.29, 1.82) is 0 Å². The fraction of sp³-hybridized carbons (Fsp3) is 0.211. The van der Waals surface area contributed by atoms with Crippen molar-refractivity contribution in [3.05, 3.63) is 59.5 Å². The highest BCUT2D eigenvalue weighted by Crippen LogP contribution is 2.29. The van der Waals surface area contributed by atoms with Gasteiger partial charge in [0.05, 0.1) is 6.61 Å². The summed E-state index contributed by atoms with van der Waals surface area (Å²) >= 11 is 0. The zero-order chi connectivity index (χ0) is 17.6. The molecule has 2 aromatic carbocycles. The van der Waals surface area contributed by atoms with Gasteiger partial charge in [0.25, 0.3) is 5.89 Å². The van der Waals surface area contributed by atoms with Crippen molar-refractivity contribution in [3.63, 3.8) is 0 Å². The lowest BCUT2D eigenvalue weighted by Gasteiger charge is -2.10. The van der Waals surface area contributed by atoms with Crippen LogP contribution in [0.5, 0.6) is 11.5 Å². The van der Waals surface area contributed by atoms with Crippen LogP contribution < -0.4 is 9.47 Å². The van der Waals surface area contributed by atoms with Gasteiger partial charge in [0, 0.05) is 11.1 Å². The van der Waals surface area contributed by atoms with Crippen LogP contribution in [0.25, 0.3) is 11.4 Å². The summed E-state index contributed by atoms with van der Waals surface area (Å²) in [5.74, 6) is 1.91. The van der Waals surface area contributed by atoms with E-state index < -0.39 is 0 Å².